The zero-order valence-electron chi connectivity index (χ0n) is 20.8. The number of ether oxygens (including phenoxy) is 1. The van der Waals surface area contributed by atoms with E-state index in [9.17, 15) is 10.0 Å². The number of hydrogen-bond donors (Lipinski definition) is 2. The summed E-state index contributed by atoms with van der Waals surface area (Å²) in [5.41, 5.74) is 5.87. The standard InChI is InChI=1S/C23H38N8O3/c1-22(2,3)34-21(32)31-11-7-23(16-31)6-10-30(15-23)18-14-17(19(24)27-33)25-20(26-18)29-9-5-8-28(4)12-13-29/h14,33H,5-13,15-16H2,1-4H3,(H2,24,27). The Hall–Kier alpha value is -2.82. The zero-order valence-corrected chi connectivity index (χ0v) is 20.8. The number of oxime groups is 1. The molecule has 1 spiro atoms. The van der Waals surface area contributed by atoms with Gasteiger partial charge in [0.15, 0.2) is 5.84 Å². The third kappa shape index (κ3) is 5.45. The molecular formula is C23H38N8O3. The van der Waals surface area contributed by atoms with Gasteiger partial charge in [-0.15, -0.1) is 0 Å². The Morgan fingerprint density at radius 3 is 2.59 bits per heavy atom. The molecule has 0 bridgehead atoms. The Kier molecular flexibility index (Phi) is 6.75. The first-order valence-corrected chi connectivity index (χ1v) is 12.1. The van der Waals surface area contributed by atoms with Gasteiger partial charge < -0.3 is 35.3 Å². The van der Waals surface area contributed by atoms with Gasteiger partial charge in [0.2, 0.25) is 5.95 Å². The Balaban J connectivity index is 1.52. The minimum Gasteiger partial charge on any atom is -0.444 e. The molecule has 3 fully saturated rings. The second-order valence-electron chi connectivity index (χ2n) is 10.9. The molecule has 0 saturated carbocycles. The van der Waals surface area contributed by atoms with Gasteiger partial charge in [0.25, 0.3) is 0 Å². The van der Waals surface area contributed by atoms with Crippen LogP contribution in [-0.4, -0.2) is 102 Å². The highest BCUT2D eigenvalue weighted by Gasteiger charge is 2.46. The van der Waals surface area contributed by atoms with Crippen LogP contribution in [0.4, 0.5) is 16.6 Å². The lowest BCUT2D eigenvalue weighted by Gasteiger charge is -2.28. The molecule has 3 saturated heterocycles. The van der Waals surface area contributed by atoms with E-state index >= 15 is 0 Å². The fourth-order valence-electron chi connectivity index (χ4n) is 5.04. The van der Waals surface area contributed by atoms with Crippen LogP contribution in [0.2, 0.25) is 0 Å². The molecule has 3 N–H and O–H groups in total. The van der Waals surface area contributed by atoms with Crippen LogP contribution in [0.1, 0.15) is 45.7 Å². The van der Waals surface area contributed by atoms with Crippen LogP contribution in [0.5, 0.6) is 0 Å². The van der Waals surface area contributed by atoms with Gasteiger partial charge >= 0.3 is 6.09 Å². The van der Waals surface area contributed by atoms with Crippen LogP contribution in [0.15, 0.2) is 11.2 Å². The van der Waals surface area contributed by atoms with E-state index in [2.05, 4.69) is 31.9 Å². The van der Waals surface area contributed by atoms with Crippen LogP contribution in [0, 0.1) is 5.41 Å². The second kappa shape index (κ2) is 9.44. The van der Waals surface area contributed by atoms with E-state index in [4.69, 9.17) is 15.5 Å². The van der Waals surface area contributed by atoms with Crippen LogP contribution < -0.4 is 15.5 Å². The summed E-state index contributed by atoms with van der Waals surface area (Å²) in [6.45, 7) is 12.3. The van der Waals surface area contributed by atoms with E-state index in [1.807, 2.05) is 25.7 Å². The smallest absolute Gasteiger partial charge is 0.410 e. The third-order valence-electron chi connectivity index (χ3n) is 6.93. The number of amidine groups is 1. The Morgan fingerprint density at radius 1 is 1.09 bits per heavy atom. The molecule has 3 aliphatic rings. The van der Waals surface area contributed by atoms with E-state index in [0.29, 0.717) is 24.7 Å². The molecule has 1 aromatic rings. The third-order valence-corrected chi connectivity index (χ3v) is 6.93. The number of hydrogen-bond acceptors (Lipinski definition) is 9. The maximum Gasteiger partial charge on any atom is 0.410 e. The average molecular weight is 475 g/mol. The first kappa shape index (κ1) is 24.3. The van der Waals surface area contributed by atoms with E-state index < -0.39 is 5.60 Å². The van der Waals surface area contributed by atoms with Crippen molar-refractivity contribution in [3.05, 3.63) is 11.8 Å². The SMILES string of the molecule is CN1CCCN(c2nc(/C(N)=N/O)cc(N3CCC4(CCN(C(=O)OC(C)(C)C)C4)C3)n2)CC1. The van der Waals surface area contributed by atoms with Crippen molar-refractivity contribution in [1.29, 1.82) is 0 Å². The van der Waals surface area contributed by atoms with Crippen molar-refractivity contribution in [3.63, 3.8) is 0 Å². The number of rotatable bonds is 3. The van der Waals surface area contributed by atoms with Crippen molar-refractivity contribution >= 4 is 23.7 Å². The van der Waals surface area contributed by atoms with E-state index in [1.165, 1.54) is 0 Å². The molecule has 1 unspecified atom stereocenters. The average Bonchev–Trinajstić information content (AvgIpc) is 3.34. The van der Waals surface area contributed by atoms with Crippen LogP contribution >= 0.6 is 0 Å². The van der Waals surface area contributed by atoms with Crippen LogP contribution in [-0.2, 0) is 4.74 Å². The number of nitrogens with zero attached hydrogens (tertiary/aromatic N) is 7. The lowest BCUT2D eigenvalue weighted by atomic mass is 9.86. The summed E-state index contributed by atoms with van der Waals surface area (Å²) in [5, 5.41) is 12.4. The molecule has 4 rings (SSSR count). The number of carbonyl (C=O) groups is 1. The van der Waals surface area contributed by atoms with Crippen molar-refractivity contribution in [1.82, 2.24) is 19.8 Å². The Labute approximate surface area is 201 Å². The number of anilines is 2. The Morgan fingerprint density at radius 2 is 1.85 bits per heavy atom. The summed E-state index contributed by atoms with van der Waals surface area (Å²) in [4.78, 5) is 30.6. The molecular weight excluding hydrogens is 436 g/mol. The monoisotopic (exact) mass is 474 g/mol. The van der Waals surface area contributed by atoms with Gasteiger partial charge in [-0.3, -0.25) is 0 Å². The van der Waals surface area contributed by atoms with Crippen LogP contribution in [0.3, 0.4) is 0 Å². The molecule has 3 aliphatic heterocycles. The molecule has 1 amide bonds. The molecule has 1 aromatic heterocycles. The van der Waals surface area contributed by atoms with Crippen LogP contribution in [0.25, 0.3) is 0 Å². The quantitative estimate of drug-likeness (QED) is 0.291. The van der Waals surface area contributed by atoms with Gasteiger partial charge in [0.05, 0.1) is 0 Å². The lowest BCUT2D eigenvalue weighted by Crippen LogP contribution is -2.38. The molecule has 0 aliphatic carbocycles. The summed E-state index contributed by atoms with van der Waals surface area (Å²) in [5.74, 6) is 1.36. The molecule has 0 radical (unpaired) electrons. The molecule has 1 atom stereocenters. The largest absolute Gasteiger partial charge is 0.444 e. The number of amides is 1. The summed E-state index contributed by atoms with van der Waals surface area (Å²) < 4.78 is 5.58. The summed E-state index contributed by atoms with van der Waals surface area (Å²) >= 11 is 0. The summed E-state index contributed by atoms with van der Waals surface area (Å²) in [7, 11) is 2.12. The van der Waals surface area contributed by atoms with Gasteiger partial charge in [0, 0.05) is 57.3 Å². The Bertz CT molecular complexity index is 933. The normalized spacial score (nSPS) is 24.7. The fourth-order valence-corrected chi connectivity index (χ4v) is 5.04. The molecule has 4 heterocycles. The number of likely N-dealkylation sites (tertiary alicyclic amines) is 1. The van der Waals surface area contributed by atoms with E-state index in [1.54, 1.807) is 6.07 Å². The lowest BCUT2D eigenvalue weighted by molar-refractivity contribution is 0.0276. The molecule has 34 heavy (non-hydrogen) atoms. The van der Waals surface area contributed by atoms with Crippen molar-refractivity contribution in [3.8, 4) is 0 Å². The zero-order chi connectivity index (χ0) is 24.5. The second-order valence-corrected chi connectivity index (χ2v) is 10.9. The summed E-state index contributed by atoms with van der Waals surface area (Å²) in [6, 6.07) is 1.79. The number of nitrogens with two attached hydrogens (primary N) is 1. The van der Waals surface area contributed by atoms with E-state index in [0.717, 1.165) is 64.3 Å². The highest BCUT2D eigenvalue weighted by molar-refractivity contribution is 5.96. The van der Waals surface area contributed by atoms with Gasteiger partial charge in [-0.05, 0) is 53.6 Å². The fraction of sp³-hybridized carbons (Fsp3) is 0.739. The first-order valence-electron chi connectivity index (χ1n) is 12.1. The predicted octanol–water partition coefficient (Wildman–Crippen LogP) is 1.55. The molecule has 188 valence electrons. The maximum absolute atomic E-state index is 12.6. The van der Waals surface area contributed by atoms with Gasteiger partial charge in [-0.2, -0.15) is 4.98 Å². The molecule has 11 heteroatoms. The maximum atomic E-state index is 12.6. The highest BCUT2D eigenvalue weighted by atomic mass is 16.6. The van der Waals surface area contributed by atoms with E-state index in [-0.39, 0.29) is 17.3 Å². The van der Waals surface area contributed by atoms with Gasteiger partial charge in [-0.1, -0.05) is 5.16 Å². The van der Waals surface area contributed by atoms with Crippen molar-refractivity contribution in [2.75, 3.05) is 69.2 Å². The van der Waals surface area contributed by atoms with Crippen molar-refractivity contribution in [2.45, 2.75) is 45.6 Å². The van der Waals surface area contributed by atoms with Crippen molar-refractivity contribution < 1.29 is 14.7 Å². The first-order chi connectivity index (χ1) is 16.1. The minimum absolute atomic E-state index is 0.0180. The predicted molar refractivity (Wildman–Crippen MR) is 131 cm³/mol. The topological polar surface area (TPSA) is 124 Å². The van der Waals surface area contributed by atoms with Gasteiger partial charge in [-0.25, -0.2) is 9.78 Å². The number of likely N-dealkylation sites (N-methyl/N-ethyl adjacent to an activating group) is 1. The molecule has 0 aromatic carbocycles. The number of carbonyl (C=O) groups excluding carboxylic acids is 1. The summed E-state index contributed by atoms with van der Waals surface area (Å²) in [6.07, 6.45) is 2.69. The highest BCUT2D eigenvalue weighted by Crippen LogP contribution is 2.41. The molecule has 11 nitrogen and oxygen atoms in total. The minimum atomic E-state index is -0.501. The van der Waals surface area contributed by atoms with Gasteiger partial charge in [0.1, 0.15) is 17.1 Å². The van der Waals surface area contributed by atoms with Crippen molar-refractivity contribution in [2.24, 2.45) is 16.3 Å². The number of aromatic nitrogens is 2.